The van der Waals surface area contributed by atoms with Gasteiger partial charge in [0.2, 0.25) is 5.91 Å². The molecule has 25 heavy (non-hydrogen) atoms. The number of hydrogen-bond acceptors (Lipinski definition) is 2. The standard InChI is InChI=1S/C21H27N3O/c1-14-20(15(2)23(3)22-14)19-12-7-13-24(19)21(25)18-11-6-9-16-8-4-5-10-17(16)18/h4-5,8,10,18-19H,6-7,9,11-13H2,1-3H3. The smallest absolute Gasteiger partial charge is 0.230 e. The Morgan fingerprint density at radius 3 is 2.72 bits per heavy atom. The van der Waals surface area contributed by atoms with E-state index in [4.69, 9.17) is 0 Å². The lowest BCUT2D eigenvalue weighted by molar-refractivity contribution is -0.134. The minimum absolute atomic E-state index is 0.0304. The number of fused-ring (bicyclic) bond motifs is 1. The van der Waals surface area contributed by atoms with Gasteiger partial charge in [0.1, 0.15) is 0 Å². The average Bonchev–Trinajstić information content (AvgIpc) is 3.18. The van der Waals surface area contributed by atoms with E-state index in [0.29, 0.717) is 5.91 Å². The van der Waals surface area contributed by atoms with E-state index in [1.54, 1.807) is 0 Å². The Morgan fingerprint density at radius 2 is 1.96 bits per heavy atom. The third-order valence-electron chi connectivity index (χ3n) is 6.10. The summed E-state index contributed by atoms with van der Waals surface area (Å²) in [5.74, 6) is 0.347. The minimum atomic E-state index is 0.0304. The quantitative estimate of drug-likeness (QED) is 0.835. The summed E-state index contributed by atoms with van der Waals surface area (Å²) >= 11 is 0. The summed E-state index contributed by atoms with van der Waals surface area (Å²) in [6.07, 6.45) is 5.32. The Morgan fingerprint density at radius 1 is 1.16 bits per heavy atom. The van der Waals surface area contributed by atoms with Gasteiger partial charge < -0.3 is 4.90 Å². The maximum atomic E-state index is 13.5. The van der Waals surface area contributed by atoms with Gasteiger partial charge in [0.05, 0.1) is 17.7 Å². The second kappa shape index (κ2) is 6.32. The van der Waals surface area contributed by atoms with Gasteiger partial charge in [-0.15, -0.1) is 0 Å². The van der Waals surface area contributed by atoms with Crippen LogP contribution in [0.1, 0.15) is 65.7 Å². The predicted octanol–water partition coefficient (Wildman–Crippen LogP) is 3.82. The average molecular weight is 337 g/mol. The number of aryl methyl sites for hydroxylation is 3. The number of carbonyl (C=O) groups excluding carboxylic acids is 1. The summed E-state index contributed by atoms with van der Waals surface area (Å²) in [7, 11) is 1.99. The molecule has 0 spiro atoms. The molecular weight excluding hydrogens is 310 g/mol. The lowest BCUT2D eigenvalue weighted by Crippen LogP contribution is -2.36. The Kier molecular flexibility index (Phi) is 4.14. The normalized spacial score (nSPS) is 22.9. The summed E-state index contributed by atoms with van der Waals surface area (Å²) in [5, 5.41) is 4.58. The van der Waals surface area contributed by atoms with Crippen LogP contribution in [-0.4, -0.2) is 27.1 Å². The summed E-state index contributed by atoms with van der Waals surface area (Å²) in [5.41, 5.74) is 6.12. The molecule has 0 bridgehead atoms. The number of amides is 1. The van der Waals surface area contributed by atoms with Crippen molar-refractivity contribution in [2.75, 3.05) is 6.54 Å². The number of hydrogen-bond donors (Lipinski definition) is 0. The van der Waals surface area contributed by atoms with Gasteiger partial charge in [0.15, 0.2) is 0 Å². The molecule has 0 saturated carbocycles. The lowest BCUT2D eigenvalue weighted by Gasteiger charge is -2.32. The molecule has 4 nitrogen and oxygen atoms in total. The molecule has 132 valence electrons. The maximum absolute atomic E-state index is 13.5. The first-order valence-corrected chi connectivity index (χ1v) is 9.46. The molecular formula is C21H27N3O. The zero-order chi connectivity index (χ0) is 17.6. The molecule has 0 N–H and O–H groups in total. The highest BCUT2D eigenvalue weighted by atomic mass is 16.2. The molecule has 1 aliphatic heterocycles. The highest BCUT2D eigenvalue weighted by molar-refractivity contribution is 5.85. The first-order valence-electron chi connectivity index (χ1n) is 9.46. The predicted molar refractivity (Wildman–Crippen MR) is 98.5 cm³/mol. The molecule has 2 aromatic rings. The zero-order valence-corrected chi connectivity index (χ0v) is 15.5. The number of likely N-dealkylation sites (tertiary alicyclic amines) is 1. The van der Waals surface area contributed by atoms with E-state index in [0.717, 1.165) is 44.3 Å². The molecule has 1 fully saturated rings. The molecule has 2 atom stereocenters. The van der Waals surface area contributed by atoms with E-state index in [9.17, 15) is 4.79 Å². The molecule has 1 aliphatic carbocycles. The van der Waals surface area contributed by atoms with Gasteiger partial charge in [0.25, 0.3) is 0 Å². The van der Waals surface area contributed by atoms with Gasteiger partial charge in [0, 0.05) is 24.8 Å². The highest BCUT2D eigenvalue weighted by Gasteiger charge is 2.38. The number of rotatable bonds is 2. The van der Waals surface area contributed by atoms with Crippen LogP contribution in [0.5, 0.6) is 0 Å². The van der Waals surface area contributed by atoms with E-state index in [1.165, 1.54) is 22.4 Å². The van der Waals surface area contributed by atoms with Crippen LogP contribution >= 0.6 is 0 Å². The third-order valence-corrected chi connectivity index (χ3v) is 6.10. The molecule has 2 unspecified atom stereocenters. The van der Waals surface area contributed by atoms with E-state index in [2.05, 4.69) is 48.1 Å². The zero-order valence-electron chi connectivity index (χ0n) is 15.5. The monoisotopic (exact) mass is 337 g/mol. The van der Waals surface area contributed by atoms with Gasteiger partial charge in [-0.2, -0.15) is 5.10 Å². The molecule has 1 aromatic carbocycles. The molecule has 1 aromatic heterocycles. The van der Waals surface area contributed by atoms with Crippen LogP contribution in [0.2, 0.25) is 0 Å². The van der Waals surface area contributed by atoms with Gasteiger partial charge in [-0.25, -0.2) is 0 Å². The van der Waals surface area contributed by atoms with Crippen LogP contribution in [0.15, 0.2) is 24.3 Å². The van der Waals surface area contributed by atoms with Gasteiger partial charge in [-0.1, -0.05) is 24.3 Å². The molecule has 2 aliphatic rings. The van der Waals surface area contributed by atoms with Crippen molar-refractivity contribution in [2.45, 2.75) is 57.9 Å². The summed E-state index contributed by atoms with van der Waals surface area (Å²) in [4.78, 5) is 15.6. The minimum Gasteiger partial charge on any atom is -0.335 e. The molecule has 1 saturated heterocycles. The van der Waals surface area contributed by atoms with Crippen molar-refractivity contribution in [3.63, 3.8) is 0 Å². The Hall–Kier alpha value is -2.10. The van der Waals surface area contributed by atoms with Crippen LogP contribution in [0.3, 0.4) is 0 Å². The van der Waals surface area contributed by atoms with Gasteiger partial charge >= 0.3 is 0 Å². The summed E-state index contributed by atoms with van der Waals surface area (Å²) in [6.45, 7) is 5.06. The first-order chi connectivity index (χ1) is 12.1. The molecule has 4 rings (SSSR count). The van der Waals surface area contributed by atoms with Crippen molar-refractivity contribution >= 4 is 5.91 Å². The highest BCUT2D eigenvalue weighted by Crippen LogP contribution is 2.40. The van der Waals surface area contributed by atoms with Crippen molar-refractivity contribution < 1.29 is 4.79 Å². The molecule has 2 heterocycles. The fourth-order valence-corrected chi connectivity index (χ4v) is 4.81. The van der Waals surface area contributed by atoms with Crippen LogP contribution in [0.4, 0.5) is 0 Å². The molecule has 0 radical (unpaired) electrons. The number of carbonyl (C=O) groups is 1. The Labute approximate surface area is 149 Å². The van der Waals surface area contributed by atoms with Crippen LogP contribution in [0.25, 0.3) is 0 Å². The van der Waals surface area contributed by atoms with E-state index in [1.807, 2.05) is 11.7 Å². The third kappa shape index (κ3) is 2.68. The second-order valence-electron chi connectivity index (χ2n) is 7.54. The van der Waals surface area contributed by atoms with Crippen molar-refractivity contribution in [1.82, 2.24) is 14.7 Å². The number of benzene rings is 1. The lowest BCUT2D eigenvalue weighted by atomic mass is 9.82. The summed E-state index contributed by atoms with van der Waals surface area (Å²) in [6, 6.07) is 8.69. The van der Waals surface area contributed by atoms with Gasteiger partial charge in [-0.05, 0) is 57.1 Å². The second-order valence-corrected chi connectivity index (χ2v) is 7.54. The Balaban J connectivity index is 1.66. The first kappa shape index (κ1) is 16.4. The maximum Gasteiger partial charge on any atom is 0.230 e. The SMILES string of the molecule is Cc1nn(C)c(C)c1C1CCCN1C(=O)C1CCCc2ccccc21. The number of aromatic nitrogens is 2. The fraction of sp³-hybridized carbons (Fsp3) is 0.524. The van der Waals surface area contributed by atoms with E-state index in [-0.39, 0.29) is 12.0 Å². The van der Waals surface area contributed by atoms with Crippen molar-refractivity contribution in [3.05, 3.63) is 52.3 Å². The van der Waals surface area contributed by atoms with Crippen LogP contribution in [-0.2, 0) is 18.3 Å². The van der Waals surface area contributed by atoms with Crippen LogP contribution in [0, 0.1) is 13.8 Å². The van der Waals surface area contributed by atoms with E-state index < -0.39 is 0 Å². The van der Waals surface area contributed by atoms with Crippen LogP contribution < -0.4 is 0 Å². The number of nitrogens with zero attached hydrogens (tertiary/aromatic N) is 3. The molecule has 1 amide bonds. The molecule has 4 heteroatoms. The van der Waals surface area contributed by atoms with Crippen molar-refractivity contribution in [1.29, 1.82) is 0 Å². The van der Waals surface area contributed by atoms with E-state index >= 15 is 0 Å². The summed E-state index contributed by atoms with van der Waals surface area (Å²) < 4.78 is 1.95. The Bertz CT molecular complexity index is 807. The topological polar surface area (TPSA) is 38.1 Å². The van der Waals surface area contributed by atoms with Crippen molar-refractivity contribution in [2.24, 2.45) is 7.05 Å². The fourth-order valence-electron chi connectivity index (χ4n) is 4.81. The largest absolute Gasteiger partial charge is 0.335 e. The van der Waals surface area contributed by atoms with Crippen molar-refractivity contribution in [3.8, 4) is 0 Å². The van der Waals surface area contributed by atoms with Gasteiger partial charge in [-0.3, -0.25) is 9.48 Å².